The van der Waals surface area contributed by atoms with E-state index in [1.54, 1.807) is 0 Å². The van der Waals surface area contributed by atoms with Crippen molar-refractivity contribution in [1.29, 1.82) is 0 Å². The molecular weight excluding hydrogens is 306 g/mol. The van der Waals surface area contributed by atoms with Crippen molar-refractivity contribution in [3.63, 3.8) is 0 Å². The molecule has 3 heterocycles. The number of hydrogen-bond acceptors (Lipinski definition) is 5. The Hall–Kier alpha value is -1.27. The van der Waals surface area contributed by atoms with Crippen LogP contribution in [-0.4, -0.2) is 54.7 Å². The first-order valence-corrected chi connectivity index (χ1v) is 9.09. The average molecular weight is 331 g/mol. The predicted octanol–water partition coefficient (Wildman–Crippen LogP) is 3.21. The van der Waals surface area contributed by atoms with Crippen LogP contribution in [0.15, 0.2) is 42.0 Å². The Morgan fingerprint density at radius 3 is 2.78 bits per heavy atom. The summed E-state index contributed by atoms with van der Waals surface area (Å²) in [5, 5.41) is 2.17. The quantitative estimate of drug-likeness (QED) is 0.813. The lowest BCUT2D eigenvalue weighted by Gasteiger charge is -2.37. The maximum Gasteiger partial charge on any atom is 0.0594 e. The van der Waals surface area contributed by atoms with Gasteiger partial charge in [0.15, 0.2) is 0 Å². The third kappa shape index (κ3) is 4.18. The molecule has 2 aromatic heterocycles. The van der Waals surface area contributed by atoms with Gasteiger partial charge in [-0.1, -0.05) is 12.1 Å². The second-order valence-corrected chi connectivity index (χ2v) is 7.06. The highest BCUT2D eigenvalue weighted by Gasteiger charge is 2.26. The smallest absolute Gasteiger partial charge is 0.0594 e. The molecule has 0 saturated carbocycles. The third-order valence-electron chi connectivity index (χ3n) is 4.65. The molecule has 124 valence electrons. The molecule has 0 aromatic carbocycles. The highest BCUT2D eigenvalue weighted by molar-refractivity contribution is 7.10. The standard InChI is InChI=1S/C18H25N3OS/c1-15(16-5-3-7-19-13-16)20(2)14-17(18-6-4-12-23-18)21-8-10-22-11-9-21/h3-7,12-13,15,17H,8-11,14H2,1-2H3/t15-,17+/m0/s1. The fraction of sp³-hybridized carbons (Fsp3) is 0.500. The molecule has 1 saturated heterocycles. The van der Waals surface area contributed by atoms with Crippen molar-refractivity contribution < 1.29 is 4.74 Å². The Balaban J connectivity index is 1.72. The zero-order chi connectivity index (χ0) is 16.1. The Morgan fingerprint density at radius 1 is 1.30 bits per heavy atom. The Bertz CT molecular complexity index is 569. The third-order valence-corrected chi connectivity index (χ3v) is 5.62. The summed E-state index contributed by atoms with van der Waals surface area (Å²) in [5.74, 6) is 0. The number of morpholine rings is 1. The van der Waals surface area contributed by atoms with Crippen molar-refractivity contribution in [3.8, 4) is 0 Å². The first-order valence-electron chi connectivity index (χ1n) is 8.21. The number of likely N-dealkylation sites (N-methyl/N-ethyl adjacent to an activating group) is 1. The minimum absolute atomic E-state index is 0.354. The van der Waals surface area contributed by atoms with Crippen molar-refractivity contribution in [2.45, 2.75) is 19.0 Å². The molecule has 0 radical (unpaired) electrons. The summed E-state index contributed by atoms with van der Waals surface area (Å²) in [6, 6.07) is 9.36. The van der Waals surface area contributed by atoms with Crippen molar-refractivity contribution >= 4 is 11.3 Å². The summed E-state index contributed by atoms with van der Waals surface area (Å²) in [7, 11) is 2.21. The molecule has 2 atom stereocenters. The summed E-state index contributed by atoms with van der Waals surface area (Å²) >= 11 is 1.85. The van der Waals surface area contributed by atoms with Gasteiger partial charge in [0.2, 0.25) is 0 Å². The number of rotatable bonds is 6. The van der Waals surface area contributed by atoms with Gasteiger partial charge in [-0.05, 0) is 37.0 Å². The maximum atomic E-state index is 5.53. The minimum Gasteiger partial charge on any atom is -0.379 e. The number of thiophene rings is 1. The zero-order valence-electron chi connectivity index (χ0n) is 13.9. The predicted molar refractivity (Wildman–Crippen MR) is 94.7 cm³/mol. The summed E-state index contributed by atoms with van der Waals surface area (Å²) < 4.78 is 5.53. The molecule has 0 bridgehead atoms. The van der Waals surface area contributed by atoms with Crippen LogP contribution in [0.4, 0.5) is 0 Å². The van der Waals surface area contributed by atoms with Crippen molar-refractivity contribution in [1.82, 2.24) is 14.8 Å². The lowest BCUT2D eigenvalue weighted by Crippen LogP contribution is -2.43. The van der Waals surface area contributed by atoms with E-state index in [-0.39, 0.29) is 0 Å². The molecule has 0 spiro atoms. The van der Waals surface area contributed by atoms with Crippen LogP contribution in [0.2, 0.25) is 0 Å². The lowest BCUT2D eigenvalue weighted by atomic mass is 10.1. The van der Waals surface area contributed by atoms with Gasteiger partial charge in [0.1, 0.15) is 0 Å². The van der Waals surface area contributed by atoms with E-state index in [4.69, 9.17) is 4.74 Å². The van der Waals surface area contributed by atoms with Gasteiger partial charge in [-0.3, -0.25) is 14.8 Å². The number of nitrogens with zero attached hydrogens (tertiary/aromatic N) is 3. The highest BCUT2D eigenvalue weighted by Crippen LogP contribution is 2.29. The first kappa shape index (κ1) is 16.6. The Kier molecular flexibility index (Phi) is 5.78. The van der Waals surface area contributed by atoms with Crippen LogP contribution < -0.4 is 0 Å². The summed E-state index contributed by atoms with van der Waals surface area (Å²) in [6.07, 6.45) is 3.80. The first-order chi connectivity index (χ1) is 11.3. The molecule has 1 aliphatic heterocycles. The molecule has 1 aliphatic rings. The van der Waals surface area contributed by atoms with E-state index in [1.165, 1.54) is 10.4 Å². The fourth-order valence-corrected chi connectivity index (χ4v) is 3.92. The van der Waals surface area contributed by atoms with Gasteiger partial charge in [-0.15, -0.1) is 11.3 Å². The normalized spacial score (nSPS) is 18.9. The molecule has 0 aliphatic carbocycles. The number of hydrogen-bond donors (Lipinski definition) is 0. The Morgan fingerprint density at radius 2 is 2.13 bits per heavy atom. The molecule has 5 heteroatoms. The molecule has 2 aromatic rings. The van der Waals surface area contributed by atoms with Gasteiger partial charge in [0, 0.05) is 42.9 Å². The summed E-state index contributed by atoms with van der Waals surface area (Å²) in [4.78, 5) is 10.7. The van der Waals surface area contributed by atoms with Crippen molar-refractivity contribution in [2.75, 3.05) is 39.9 Å². The van der Waals surface area contributed by atoms with E-state index in [0.29, 0.717) is 12.1 Å². The number of aromatic nitrogens is 1. The van der Waals surface area contributed by atoms with Crippen LogP contribution in [0.25, 0.3) is 0 Å². The average Bonchev–Trinajstić information content (AvgIpc) is 3.14. The highest BCUT2D eigenvalue weighted by atomic mass is 32.1. The van der Waals surface area contributed by atoms with Crippen LogP contribution in [0, 0.1) is 0 Å². The second kappa shape index (κ2) is 8.02. The number of ether oxygens (including phenoxy) is 1. The van der Waals surface area contributed by atoms with Crippen LogP contribution in [0.5, 0.6) is 0 Å². The maximum absolute atomic E-state index is 5.53. The monoisotopic (exact) mass is 331 g/mol. The van der Waals surface area contributed by atoms with E-state index in [9.17, 15) is 0 Å². The summed E-state index contributed by atoms with van der Waals surface area (Å²) in [5.41, 5.74) is 1.27. The molecule has 4 nitrogen and oxygen atoms in total. The number of pyridine rings is 1. The fourth-order valence-electron chi connectivity index (χ4n) is 3.06. The van der Waals surface area contributed by atoms with Gasteiger partial charge in [0.25, 0.3) is 0 Å². The van der Waals surface area contributed by atoms with E-state index >= 15 is 0 Å². The van der Waals surface area contributed by atoms with Crippen molar-refractivity contribution in [3.05, 3.63) is 52.5 Å². The van der Waals surface area contributed by atoms with E-state index in [2.05, 4.69) is 52.3 Å². The van der Waals surface area contributed by atoms with Gasteiger partial charge in [-0.2, -0.15) is 0 Å². The molecule has 3 rings (SSSR count). The molecule has 0 unspecified atom stereocenters. The van der Waals surface area contributed by atoms with Crippen LogP contribution in [-0.2, 0) is 4.74 Å². The van der Waals surface area contributed by atoms with Crippen LogP contribution >= 0.6 is 11.3 Å². The summed E-state index contributed by atoms with van der Waals surface area (Å²) in [6.45, 7) is 6.96. The van der Waals surface area contributed by atoms with E-state index in [1.807, 2.05) is 29.8 Å². The molecule has 1 fully saturated rings. The molecule has 0 amide bonds. The topological polar surface area (TPSA) is 28.6 Å². The van der Waals surface area contributed by atoms with Gasteiger partial charge < -0.3 is 4.74 Å². The lowest BCUT2D eigenvalue weighted by molar-refractivity contribution is 0.00766. The van der Waals surface area contributed by atoms with Gasteiger partial charge in [-0.25, -0.2) is 0 Å². The van der Waals surface area contributed by atoms with Crippen LogP contribution in [0.3, 0.4) is 0 Å². The second-order valence-electron chi connectivity index (χ2n) is 6.08. The SMILES string of the molecule is C[C@@H](c1cccnc1)N(C)C[C@H](c1cccs1)N1CCOCC1. The van der Waals surface area contributed by atoms with Crippen molar-refractivity contribution in [2.24, 2.45) is 0 Å². The van der Waals surface area contributed by atoms with Gasteiger partial charge >= 0.3 is 0 Å². The molecule has 0 N–H and O–H groups in total. The zero-order valence-corrected chi connectivity index (χ0v) is 14.7. The van der Waals surface area contributed by atoms with Gasteiger partial charge in [0.05, 0.1) is 19.3 Å². The van der Waals surface area contributed by atoms with E-state index < -0.39 is 0 Å². The van der Waals surface area contributed by atoms with E-state index in [0.717, 1.165) is 32.8 Å². The minimum atomic E-state index is 0.354. The largest absolute Gasteiger partial charge is 0.379 e. The van der Waals surface area contributed by atoms with Crippen LogP contribution in [0.1, 0.15) is 29.4 Å². The molecule has 23 heavy (non-hydrogen) atoms. The Labute approximate surface area is 142 Å². The molecular formula is C18H25N3OS.